The maximum Gasteiger partial charge on any atom is 0.0715 e. The second-order valence-corrected chi connectivity index (χ2v) is 2.47. The van der Waals surface area contributed by atoms with E-state index >= 15 is 0 Å². The van der Waals surface area contributed by atoms with Crippen molar-refractivity contribution in [3.8, 4) is 0 Å². The summed E-state index contributed by atoms with van der Waals surface area (Å²) >= 11 is 0. The Morgan fingerprint density at radius 3 is 2.25 bits per heavy atom. The van der Waals surface area contributed by atoms with E-state index in [1.165, 1.54) is 0 Å². The summed E-state index contributed by atoms with van der Waals surface area (Å²) in [5.74, 6) is 0. The van der Waals surface area contributed by atoms with Crippen molar-refractivity contribution in [3.63, 3.8) is 0 Å². The van der Waals surface area contributed by atoms with E-state index in [-0.39, 0.29) is 30.9 Å². The van der Waals surface area contributed by atoms with Crippen LogP contribution in [0.25, 0.3) is 0 Å². The number of allylic oxidation sites excluding steroid dienone is 2. The summed E-state index contributed by atoms with van der Waals surface area (Å²) in [6.45, 7) is 3.62. The predicted octanol–water partition coefficient (Wildman–Crippen LogP) is 1.17. The van der Waals surface area contributed by atoms with Gasteiger partial charge < -0.3 is 11.5 Å². The Morgan fingerprint density at radius 2 is 1.92 bits per heavy atom. The van der Waals surface area contributed by atoms with Gasteiger partial charge in [-0.2, -0.15) is 0 Å². The Balaban J connectivity index is 0. The molecule has 0 aromatic heterocycles. The van der Waals surface area contributed by atoms with E-state index in [1.807, 2.05) is 24.3 Å². The van der Waals surface area contributed by atoms with Crippen LogP contribution in [0.1, 0.15) is 0 Å². The highest BCUT2D eigenvalue weighted by Crippen LogP contribution is 2.13. The van der Waals surface area contributed by atoms with E-state index in [1.54, 1.807) is 6.08 Å². The standard InChI is InChI=1S/C8H12N2.2ClH/c1-2-8(10)6-4-3-5-7(8)9;;/h2-7H,1,9-10H2;2*1H/t7?,8-;;/m0../s1. The van der Waals surface area contributed by atoms with E-state index in [0.717, 1.165) is 0 Å². The summed E-state index contributed by atoms with van der Waals surface area (Å²) in [5.41, 5.74) is 11.0. The molecular weight excluding hydrogens is 195 g/mol. The van der Waals surface area contributed by atoms with Crippen LogP contribution < -0.4 is 11.5 Å². The van der Waals surface area contributed by atoms with E-state index in [0.29, 0.717) is 0 Å². The molecule has 4 N–H and O–H groups in total. The van der Waals surface area contributed by atoms with E-state index < -0.39 is 5.54 Å². The molecule has 0 saturated carbocycles. The highest BCUT2D eigenvalue weighted by molar-refractivity contribution is 5.85. The average molecular weight is 209 g/mol. The van der Waals surface area contributed by atoms with Crippen molar-refractivity contribution in [3.05, 3.63) is 37.0 Å². The molecule has 0 heterocycles. The first-order chi connectivity index (χ1) is 4.69. The molecule has 1 unspecified atom stereocenters. The first-order valence-electron chi connectivity index (χ1n) is 3.23. The van der Waals surface area contributed by atoms with Crippen molar-refractivity contribution in [1.29, 1.82) is 0 Å². The monoisotopic (exact) mass is 208 g/mol. The zero-order valence-electron chi connectivity index (χ0n) is 6.64. The Morgan fingerprint density at radius 1 is 1.33 bits per heavy atom. The second-order valence-electron chi connectivity index (χ2n) is 2.47. The lowest BCUT2D eigenvalue weighted by Crippen LogP contribution is -2.51. The minimum atomic E-state index is -0.547. The van der Waals surface area contributed by atoms with Crippen LogP contribution in [0.2, 0.25) is 0 Å². The molecule has 4 heteroatoms. The van der Waals surface area contributed by atoms with Crippen LogP contribution >= 0.6 is 24.8 Å². The van der Waals surface area contributed by atoms with Gasteiger partial charge in [0.2, 0.25) is 0 Å². The van der Waals surface area contributed by atoms with Gasteiger partial charge in [0.05, 0.1) is 5.54 Å². The molecule has 2 atom stereocenters. The van der Waals surface area contributed by atoms with Crippen molar-refractivity contribution in [2.75, 3.05) is 0 Å². The van der Waals surface area contributed by atoms with Crippen molar-refractivity contribution in [2.45, 2.75) is 11.6 Å². The molecule has 2 nitrogen and oxygen atoms in total. The van der Waals surface area contributed by atoms with E-state index in [2.05, 4.69) is 6.58 Å². The maximum atomic E-state index is 5.82. The quantitative estimate of drug-likeness (QED) is 0.637. The molecule has 1 aliphatic carbocycles. The summed E-state index contributed by atoms with van der Waals surface area (Å²) < 4.78 is 0. The molecule has 12 heavy (non-hydrogen) atoms. The second kappa shape index (κ2) is 5.38. The third-order valence-corrected chi connectivity index (χ3v) is 1.75. The fourth-order valence-corrected chi connectivity index (χ4v) is 0.888. The van der Waals surface area contributed by atoms with Crippen LogP contribution in [-0.4, -0.2) is 11.6 Å². The van der Waals surface area contributed by atoms with Crippen molar-refractivity contribution >= 4 is 24.8 Å². The molecule has 70 valence electrons. The average Bonchev–Trinajstić information content (AvgIpc) is 1.96. The third kappa shape index (κ3) is 2.64. The van der Waals surface area contributed by atoms with Gasteiger partial charge in [0.1, 0.15) is 0 Å². The summed E-state index contributed by atoms with van der Waals surface area (Å²) in [7, 11) is 0. The molecule has 0 aliphatic heterocycles. The lowest BCUT2D eigenvalue weighted by molar-refractivity contribution is 0.572. The van der Waals surface area contributed by atoms with Crippen LogP contribution in [-0.2, 0) is 0 Å². The number of rotatable bonds is 1. The molecule has 1 aliphatic rings. The molecule has 0 bridgehead atoms. The van der Waals surface area contributed by atoms with Crippen molar-refractivity contribution < 1.29 is 0 Å². The van der Waals surface area contributed by atoms with Crippen LogP contribution in [0.15, 0.2) is 37.0 Å². The SMILES string of the molecule is C=C[C@]1(N)C=CC=CC1N.Cl.Cl. The van der Waals surface area contributed by atoms with Gasteiger partial charge >= 0.3 is 0 Å². The van der Waals surface area contributed by atoms with E-state index in [4.69, 9.17) is 11.5 Å². The molecular formula is C8H14Cl2N2. The number of hydrogen-bond acceptors (Lipinski definition) is 2. The summed E-state index contributed by atoms with van der Waals surface area (Å²) in [6.07, 6.45) is 9.15. The van der Waals surface area contributed by atoms with Gasteiger partial charge in [-0.3, -0.25) is 0 Å². The first kappa shape index (κ1) is 14.3. The number of nitrogens with two attached hydrogens (primary N) is 2. The molecule has 0 saturated heterocycles. The lowest BCUT2D eigenvalue weighted by Gasteiger charge is -2.28. The summed E-state index contributed by atoms with van der Waals surface area (Å²) in [5, 5.41) is 0. The van der Waals surface area contributed by atoms with Gasteiger partial charge in [-0.15, -0.1) is 31.4 Å². The van der Waals surface area contributed by atoms with Gasteiger partial charge in [-0.1, -0.05) is 30.4 Å². The highest BCUT2D eigenvalue weighted by atomic mass is 35.5. The third-order valence-electron chi connectivity index (χ3n) is 1.75. The van der Waals surface area contributed by atoms with Gasteiger partial charge in [0, 0.05) is 6.04 Å². The Hall–Kier alpha value is -0.280. The molecule has 0 fully saturated rings. The van der Waals surface area contributed by atoms with Crippen LogP contribution in [0.3, 0.4) is 0 Å². The smallest absolute Gasteiger partial charge is 0.0715 e. The van der Waals surface area contributed by atoms with Crippen LogP contribution in [0.4, 0.5) is 0 Å². The normalized spacial score (nSPS) is 31.7. The number of hydrogen-bond donors (Lipinski definition) is 2. The molecule has 0 aromatic carbocycles. The van der Waals surface area contributed by atoms with Gasteiger partial charge in [0.25, 0.3) is 0 Å². The Kier molecular flexibility index (Phi) is 6.39. The molecule has 0 amide bonds. The van der Waals surface area contributed by atoms with Crippen molar-refractivity contribution in [1.82, 2.24) is 0 Å². The minimum Gasteiger partial charge on any atom is -0.322 e. The summed E-state index contributed by atoms with van der Waals surface area (Å²) in [4.78, 5) is 0. The van der Waals surface area contributed by atoms with Gasteiger partial charge in [0.15, 0.2) is 0 Å². The molecule has 1 rings (SSSR count). The van der Waals surface area contributed by atoms with Crippen LogP contribution in [0, 0.1) is 0 Å². The lowest BCUT2D eigenvalue weighted by atomic mass is 9.88. The number of halogens is 2. The molecule has 0 radical (unpaired) electrons. The highest BCUT2D eigenvalue weighted by Gasteiger charge is 2.25. The largest absolute Gasteiger partial charge is 0.322 e. The fourth-order valence-electron chi connectivity index (χ4n) is 0.888. The van der Waals surface area contributed by atoms with Gasteiger partial charge in [-0.25, -0.2) is 0 Å². The van der Waals surface area contributed by atoms with Crippen molar-refractivity contribution in [2.24, 2.45) is 11.5 Å². The fraction of sp³-hybridized carbons (Fsp3) is 0.250. The first-order valence-corrected chi connectivity index (χ1v) is 3.23. The summed E-state index contributed by atoms with van der Waals surface area (Å²) in [6, 6.07) is -0.144. The Labute approximate surface area is 85.2 Å². The molecule has 0 aromatic rings. The topological polar surface area (TPSA) is 52.0 Å². The maximum absolute atomic E-state index is 5.82. The zero-order valence-corrected chi connectivity index (χ0v) is 8.28. The minimum absolute atomic E-state index is 0. The predicted molar refractivity (Wildman–Crippen MR) is 57.9 cm³/mol. The zero-order chi connectivity index (χ0) is 7.61. The van der Waals surface area contributed by atoms with Gasteiger partial charge in [-0.05, 0) is 0 Å². The Bertz CT molecular complexity index is 201. The van der Waals surface area contributed by atoms with E-state index in [9.17, 15) is 0 Å². The molecule has 0 spiro atoms. The van der Waals surface area contributed by atoms with Crippen LogP contribution in [0.5, 0.6) is 0 Å².